The fraction of sp³-hybridized carbons (Fsp3) is 0.440. The Labute approximate surface area is 194 Å². The van der Waals surface area contributed by atoms with Crippen molar-refractivity contribution in [3.05, 3.63) is 64.2 Å². The lowest BCUT2D eigenvalue weighted by Crippen LogP contribution is -2.38. The van der Waals surface area contributed by atoms with Crippen LogP contribution in [-0.4, -0.2) is 36.8 Å². The summed E-state index contributed by atoms with van der Waals surface area (Å²) in [7, 11) is 0. The standard InChI is InChI=1S/C25H30ClNO5/c1-16-5-6-18(15-21(16)26)22(27-24(29)32-25(2,3)4)23(28)17-7-9-19(10-8-17)31-20-11-13-30-14-12-20/h5-10,15,20,22H,11-14H2,1-4H3,(H,27,29). The molecule has 1 N–H and O–H groups in total. The molecule has 0 aromatic heterocycles. The minimum absolute atomic E-state index is 0.113. The number of halogens is 1. The lowest BCUT2D eigenvalue weighted by Gasteiger charge is -2.24. The van der Waals surface area contributed by atoms with Gasteiger partial charge in [0, 0.05) is 23.4 Å². The fourth-order valence-corrected chi connectivity index (χ4v) is 3.55. The summed E-state index contributed by atoms with van der Waals surface area (Å²) in [5.74, 6) is 0.428. The Morgan fingerprint density at radius 2 is 1.75 bits per heavy atom. The van der Waals surface area contributed by atoms with E-state index in [1.54, 1.807) is 57.2 Å². The molecule has 2 aromatic carbocycles. The number of amides is 1. The Balaban J connectivity index is 1.80. The van der Waals surface area contributed by atoms with Crippen molar-refractivity contribution in [2.45, 2.75) is 58.3 Å². The first kappa shape index (κ1) is 24.1. The highest BCUT2D eigenvalue weighted by molar-refractivity contribution is 6.31. The third-order valence-electron chi connectivity index (χ3n) is 5.06. The van der Waals surface area contributed by atoms with Crippen molar-refractivity contribution in [1.29, 1.82) is 0 Å². The third kappa shape index (κ3) is 6.71. The summed E-state index contributed by atoms with van der Waals surface area (Å²) in [6, 6.07) is 11.3. The highest BCUT2D eigenvalue weighted by atomic mass is 35.5. The summed E-state index contributed by atoms with van der Waals surface area (Å²) >= 11 is 6.28. The summed E-state index contributed by atoms with van der Waals surface area (Å²) in [5.41, 5.74) is 1.22. The third-order valence-corrected chi connectivity index (χ3v) is 5.47. The van der Waals surface area contributed by atoms with Gasteiger partial charge in [-0.05, 0) is 69.2 Å². The number of benzene rings is 2. The van der Waals surface area contributed by atoms with Crippen LogP contribution in [0.3, 0.4) is 0 Å². The molecule has 0 bridgehead atoms. The van der Waals surface area contributed by atoms with E-state index < -0.39 is 17.7 Å². The van der Waals surface area contributed by atoms with E-state index in [1.165, 1.54) is 0 Å². The number of nitrogens with one attached hydrogen (secondary N) is 1. The molecular formula is C25H30ClNO5. The normalized spacial score (nSPS) is 15.7. The maximum absolute atomic E-state index is 13.4. The Kier molecular flexibility index (Phi) is 7.80. The van der Waals surface area contributed by atoms with Gasteiger partial charge >= 0.3 is 6.09 Å². The molecule has 1 unspecified atom stereocenters. The summed E-state index contributed by atoms with van der Waals surface area (Å²) in [5, 5.41) is 3.22. The van der Waals surface area contributed by atoms with Gasteiger partial charge in [0.25, 0.3) is 0 Å². The number of hydrogen-bond donors (Lipinski definition) is 1. The van der Waals surface area contributed by atoms with Gasteiger partial charge < -0.3 is 19.5 Å². The molecule has 6 nitrogen and oxygen atoms in total. The SMILES string of the molecule is Cc1ccc(C(NC(=O)OC(C)(C)C)C(=O)c2ccc(OC3CCOCC3)cc2)cc1Cl. The highest BCUT2D eigenvalue weighted by Crippen LogP contribution is 2.26. The molecule has 0 aliphatic carbocycles. The van der Waals surface area contributed by atoms with E-state index in [-0.39, 0.29) is 11.9 Å². The van der Waals surface area contributed by atoms with E-state index >= 15 is 0 Å². The second-order valence-electron chi connectivity index (χ2n) is 8.91. The van der Waals surface area contributed by atoms with Crippen LogP contribution in [0.15, 0.2) is 42.5 Å². The number of carbonyl (C=O) groups is 2. The highest BCUT2D eigenvalue weighted by Gasteiger charge is 2.27. The van der Waals surface area contributed by atoms with Crippen LogP contribution >= 0.6 is 11.6 Å². The lowest BCUT2D eigenvalue weighted by molar-refractivity contribution is 0.0255. The smallest absolute Gasteiger partial charge is 0.408 e. The van der Waals surface area contributed by atoms with Gasteiger partial charge in [0.05, 0.1) is 13.2 Å². The number of ketones is 1. The van der Waals surface area contributed by atoms with Gasteiger partial charge in [-0.25, -0.2) is 4.79 Å². The van der Waals surface area contributed by atoms with Crippen molar-refractivity contribution in [3.8, 4) is 5.75 Å². The molecule has 32 heavy (non-hydrogen) atoms. The van der Waals surface area contributed by atoms with E-state index in [0.717, 1.165) is 18.4 Å². The average Bonchev–Trinajstić information content (AvgIpc) is 2.74. The van der Waals surface area contributed by atoms with Crippen LogP contribution in [0.25, 0.3) is 0 Å². The number of rotatable bonds is 6. The molecule has 1 aliphatic heterocycles. The van der Waals surface area contributed by atoms with Crippen LogP contribution in [0.4, 0.5) is 4.79 Å². The van der Waals surface area contributed by atoms with Crippen molar-refractivity contribution < 1.29 is 23.8 Å². The van der Waals surface area contributed by atoms with Crippen molar-refractivity contribution in [2.75, 3.05) is 13.2 Å². The van der Waals surface area contributed by atoms with Crippen LogP contribution in [0.1, 0.15) is 61.1 Å². The fourth-order valence-electron chi connectivity index (χ4n) is 3.37. The second kappa shape index (κ2) is 10.4. The van der Waals surface area contributed by atoms with Crippen LogP contribution in [0.5, 0.6) is 5.75 Å². The quantitative estimate of drug-likeness (QED) is 0.564. The van der Waals surface area contributed by atoms with Gasteiger partial charge in [0.1, 0.15) is 23.5 Å². The first-order valence-corrected chi connectivity index (χ1v) is 11.1. The predicted octanol–water partition coefficient (Wildman–Crippen LogP) is 5.65. The minimum atomic E-state index is -0.940. The Morgan fingerprint density at radius 1 is 1.09 bits per heavy atom. The maximum Gasteiger partial charge on any atom is 0.408 e. The average molecular weight is 460 g/mol. The summed E-state index contributed by atoms with van der Waals surface area (Å²) in [6.07, 6.45) is 1.13. The monoisotopic (exact) mass is 459 g/mol. The van der Waals surface area contributed by atoms with Crippen molar-refractivity contribution in [2.24, 2.45) is 0 Å². The first-order valence-electron chi connectivity index (χ1n) is 10.8. The molecule has 172 valence electrons. The molecule has 1 aliphatic rings. The summed E-state index contributed by atoms with van der Waals surface area (Å²) in [4.78, 5) is 25.8. The minimum Gasteiger partial charge on any atom is -0.490 e. The largest absolute Gasteiger partial charge is 0.490 e. The van der Waals surface area contributed by atoms with Gasteiger partial charge in [0.2, 0.25) is 0 Å². The Bertz CT molecular complexity index is 946. The molecule has 1 saturated heterocycles. The van der Waals surface area contributed by atoms with Gasteiger partial charge in [-0.15, -0.1) is 0 Å². The van der Waals surface area contributed by atoms with E-state index in [2.05, 4.69) is 5.32 Å². The number of carbonyl (C=O) groups excluding carboxylic acids is 2. The molecule has 0 saturated carbocycles. The van der Waals surface area contributed by atoms with E-state index in [0.29, 0.717) is 35.1 Å². The van der Waals surface area contributed by atoms with Crippen LogP contribution in [0.2, 0.25) is 5.02 Å². The van der Waals surface area contributed by atoms with Gasteiger partial charge in [-0.1, -0.05) is 23.7 Å². The zero-order chi connectivity index (χ0) is 23.3. The summed E-state index contributed by atoms with van der Waals surface area (Å²) < 4.78 is 16.7. The molecule has 3 rings (SSSR count). The van der Waals surface area contributed by atoms with Crippen molar-refractivity contribution in [1.82, 2.24) is 5.32 Å². The van der Waals surface area contributed by atoms with Gasteiger partial charge in [0.15, 0.2) is 5.78 Å². The van der Waals surface area contributed by atoms with E-state index in [1.807, 2.05) is 13.0 Å². The molecule has 7 heteroatoms. The number of Topliss-reactive ketones (excluding diaryl/α,β-unsaturated/α-hetero) is 1. The Hall–Kier alpha value is -2.57. The van der Waals surface area contributed by atoms with Crippen molar-refractivity contribution in [3.63, 3.8) is 0 Å². The molecule has 2 aromatic rings. The number of ether oxygens (including phenoxy) is 3. The number of alkyl carbamates (subject to hydrolysis) is 1. The first-order chi connectivity index (χ1) is 15.1. The molecular weight excluding hydrogens is 430 g/mol. The number of aryl methyl sites for hydroxylation is 1. The molecule has 1 fully saturated rings. The van der Waals surface area contributed by atoms with Crippen molar-refractivity contribution >= 4 is 23.5 Å². The van der Waals surface area contributed by atoms with E-state index in [9.17, 15) is 9.59 Å². The molecule has 1 atom stereocenters. The molecule has 1 heterocycles. The topological polar surface area (TPSA) is 73.9 Å². The van der Waals surface area contributed by atoms with Gasteiger partial charge in [-0.3, -0.25) is 4.79 Å². The Morgan fingerprint density at radius 3 is 2.34 bits per heavy atom. The molecule has 0 spiro atoms. The van der Waals surface area contributed by atoms with Crippen LogP contribution < -0.4 is 10.1 Å². The van der Waals surface area contributed by atoms with E-state index in [4.69, 9.17) is 25.8 Å². The molecule has 0 radical (unpaired) electrons. The lowest BCUT2D eigenvalue weighted by atomic mass is 9.96. The predicted molar refractivity (Wildman–Crippen MR) is 124 cm³/mol. The zero-order valence-corrected chi connectivity index (χ0v) is 19.7. The molecule has 1 amide bonds. The van der Waals surface area contributed by atoms with Crippen LogP contribution in [-0.2, 0) is 9.47 Å². The summed E-state index contributed by atoms with van der Waals surface area (Å²) in [6.45, 7) is 8.56. The van der Waals surface area contributed by atoms with Gasteiger partial charge in [-0.2, -0.15) is 0 Å². The maximum atomic E-state index is 13.4. The number of hydrogen-bond acceptors (Lipinski definition) is 5. The zero-order valence-electron chi connectivity index (χ0n) is 18.9. The van der Waals surface area contributed by atoms with Crippen LogP contribution in [0, 0.1) is 6.92 Å². The second-order valence-corrected chi connectivity index (χ2v) is 9.31.